The van der Waals surface area contributed by atoms with Crippen LogP contribution in [0.4, 0.5) is 4.39 Å². The van der Waals surface area contributed by atoms with Crippen LogP contribution in [0.3, 0.4) is 0 Å². The Hall–Kier alpha value is -0.150. The highest BCUT2D eigenvalue weighted by Gasteiger charge is 2.16. The first-order valence-electron chi connectivity index (χ1n) is 4.93. The second-order valence-electron chi connectivity index (χ2n) is 3.79. The third kappa shape index (κ3) is 2.51. The van der Waals surface area contributed by atoms with Gasteiger partial charge in [0.25, 0.3) is 0 Å². The molecule has 0 saturated heterocycles. The van der Waals surface area contributed by atoms with Crippen molar-refractivity contribution in [3.8, 4) is 0 Å². The monoisotopic (exact) mass is 244 g/mol. The van der Waals surface area contributed by atoms with Crippen molar-refractivity contribution in [2.24, 2.45) is 0 Å². The van der Waals surface area contributed by atoms with Crippen LogP contribution in [0.1, 0.15) is 30.9 Å². The fraction of sp³-hybridized carbons (Fsp3) is 0.500. The van der Waals surface area contributed by atoms with E-state index in [-0.39, 0.29) is 5.82 Å². The van der Waals surface area contributed by atoms with Crippen molar-refractivity contribution in [3.05, 3.63) is 23.0 Å². The fourth-order valence-corrected chi connectivity index (χ4v) is 3.68. The van der Waals surface area contributed by atoms with E-state index in [4.69, 9.17) is 0 Å². The number of hydrogen-bond donors (Lipinski definition) is 0. The Morgan fingerprint density at radius 3 is 2.07 bits per heavy atom. The number of halogens is 1. The van der Waals surface area contributed by atoms with Crippen LogP contribution in [-0.2, 0) is 0 Å². The quantitative estimate of drug-likeness (QED) is 0.707. The molecule has 0 spiro atoms. The molecule has 0 fully saturated rings. The van der Waals surface area contributed by atoms with Gasteiger partial charge in [-0.3, -0.25) is 0 Å². The maximum absolute atomic E-state index is 13.7. The Morgan fingerprint density at radius 2 is 1.67 bits per heavy atom. The average molecular weight is 244 g/mol. The Morgan fingerprint density at radius 1 is 1.13 bits per heavy atom. The van der Waals surface area contributed by atoms with E-state index < -0.39 is 0 Å². The molecule has 0 aromatic heterocycles. The minimum Gasteiger partial charge on any atom is -0.207 e. The van der Waals surface area contributed by atoms with Crippen LogP contribution in [0.25, 0.3) is 0 Å². The van der Waals surface area contributed by atoms with Crippen molar-refractivity contribution in [2.45, 2.75) is 36.5 Å². The van der Waals surface area contributed by atoms with Crippen LogP contribution in [0.15, 0.2) is 15.9 Å². The summed E-state index contributed by atoms with van der Waals surface area (Å²) in [5.41, 5.74) is 1.89. The lowest BCUT2D eigenvalue weighted by Crippen LogP contribution is -1.98. The molecule has 1 aromatic rings. The molecule has 0 amide bonds. The number of thioether (sulfide) groups is 2. The van der Waals surface area contributed by atoms with E-state index in [0.29, 0.717) is 5.92 Å². The molecule has 0 N–H and O–H groups in total. The first kappa shape index (κ1) is 12.9. The molecule has 0 aliphatic carbocycles. The minimum absolute atomic E-state index is 0.0825. The molecule has 0 saturated carbocycles. The topological polar surface area (TPSA) is 0 Å². The lowest BCUT2D eigenvalue weighted by molar-refractivity contribution is 0.603. The molecule has 0 radical (unpaired) electrons. The molecule has 0 bridgehead atoms. The van der Waals surface area contributed by atoms with E-state index in [1.54, 1.807) is 29.6 Å². The molecule has 3 heteroatoms. The highest BCUT2D eigenvalue weighted by Crippen LogP contribution is 2.38. The maximum atomic E-state index is 13.7. The Labute approximate surface area is 100 Å². The summed E-state index contributed by atoms with van der Waals surface area (Å²) in [7, 11) is 0. The van der Waals surface area contributed by atoms with Crippen LogP contribution in [0.5, 0.6) is 0 Å². The smallest absolute Gasteiger partial charge is 0.127 e. The van der Waals surface area contributed by atoms with Gasteiger partial charge in [0.2, 0.25) is 0 Å². The first-order chi connectivity index (χ1) is 7.02. The first-order valence-corrected chi connectivity index (χ1v) is 7.38. The zero-order valence-electron chi connectivity index (χ0n) is 9.85. The number of rotatable bonds is 3. The van der Waals surface area contributed by atoms with Gasteiger partial charge >= 0.3 is 0 Å². The maximum Gasteiger partial charge on any atom is 0.127 e. The largest absolute Gasteiger partial charge is 0.207 e. The summed E-state index contributed by atoms with van der Waals surface area (Å²) >= 11 is 3.34. The predicted molar refractivity (Wildman–Crippen MR) is 68.8 cm³/mol. The van der Waals surface area contributed by atoms with E-state index in [2.05, 4.69) is 20.1 Å². The fourth-order valence-electron chi connectivity index (χ4n) is 1.61. The van der Waals surface area contributed by atoms with E-state index in [0.717, 1.165) is 16.0 Å². The summed E-state index contributed by atoms with van der Waals surface area (Å²) < 4.78 is 13.7. The minimum atomic E-state index is -0.0825. The highest BCUT2D eigenvalue weighted by atomic mass is 32.2. The van der Waals surface area contributed by atoms with Crippen LogP contribution in [-0.4, -0.2) is 12.5 Å². The summed E-state index contributed by atoms with van der Waals surface area (Å²) in [5, 5.41) is 0. The van der Waals surface area contributed by atoms with E-state index in [1.807, 2.05) is 13.2 Å². The number of benzene rings is 1. The summed E-state index contributed by atoms with van der Waals surface area (Å²) in [6.45, 7) is 6.06. The van der Waals surface area contributed by atoms with Crippen LogP contribution in [0, 0.1) is 12.7 Å². The highest BCUT2D eigenvalue weighted by molar-refractivity contribution is 8.01. The van der Waals surface area contributed by atoms with Crippen LogP contribution in [0.2, 0.25) is 0 Å². The van der Waals surface area contributed by atoms with Crippen molar-refractivity contribution in [1.29, 1.82) is 0 Å². The summed E-state index contributed by atoms with van der Waals surface area (Å²) in [6, 6.07) is 1.69. The Bertz CT molecular complexity index is 359. The molecule has 1 aromatic carbocycles. The summed E-state index contributed by atoms with van der Waals surface area (Å²) in [4.78, 5) is 2.32. The zero-order chi connectivity index (χ0) is 11.6. The molecule has 0 unspecified atom stereocenters. The molecule has 0 aliphatic heterocycles. The van der Waals surface area contributed by atoms with Crippen molar-refractivity contribution < 1.29 is 4.39 Å². The lowest BCUT2D eigenvalue weighted by Gasteiger charge is -2.17. The molecule has 0 aliphatic rings. The molecule has 84 valence electrons. The van der Waals surface area contributed by atoms with Gasteiger partial charge < -0.3 is 0 Å². The van der Waals surface area contributed by atoms with Gasteiger partial charge in [-0.05, 0) is 42.5 Å². The molecule has 0 heterocycles. The number of hydrogen-bond acceptors (Lipinski definition) is 2. The second-order valence-corrected chi connectivity index (χ2v) is 5.43. The third-order valence-electron chi connectivity index (χ3n) is 2.48. The van der Waals surface area contributed by atoms with Crippen LogP contribution >= 0.6 is 23.5 Å². The van der Waals surface area contributed by atoms with E-state index >= 15 is 0 Å². The SMILES string of the molecule is CSc1c(C(C)C)cc(F)c(C)c1SC. The molecular formula is C12H17FS2. The van der Waals surface area contributed by atoms with Gasteiger partial charge in [0.05, 0.1) is 0 Å². The third-order valence-corrected chi connectivity index (χ3v) is 4.38. The van der Waals surface area contributed by atoms with E-state index in [1.165, 1.54) is 4.90 Å². The molecule has 15 heavy (non-hydrogen) atoms. The normalized spacial score (nSPS) is 11.1. The molecular weight excluding hydrogens is 227 g/mol. The van der Waals surface area contributed by atoms with Gasteiger partial charge in [-0.1, -0.05) is 13.8 Å². The van der Waals surface area contributed by atoms with Gasteiger partial charge in [-0.15, -0.1) is 23.5 Å². The Balaban J connectivity index is 3.47. The van der Waals surface area contributed by atoms with Gasteiger partial charge in [0.1, 0.15) is 5.82 Å². The average Bonchev–Trinajstić information content (AvgIpc) is 2.20. The molecule has 0 nitrogen and oxygen atoms in total. The van der Waals surface area contributed by atoms with Gasteiger partial charge in [-0.2, -0.15) is 0 Å². The Kier molecular flexibility index (Phi) is 4.53. The van der Waals surface area contributed by atoms with Crippen LogP contribution < -0.4 is 0 Å². The standard InChI is InChI=1S/C12H17FS2/c1-7(2)9-6-10(13)8(3)11(14-4)12(9)15-5/h6-7H,1-5H3. The summed E-state index contributed by atoms with van der Waals surface area (Å²) in [6.07, 6.45) is 4.06. The van der Waals surface area contributed by atoms with E-state index in [9.17, 15) is 4.39 Å². The molecule has 0 atom stereocenters. The van der Waals surface area contributed by atoms with Crippen molar-refractivity contribution in [2.75, 3.05) is 12.5 Å². The molecule has 1 rings (SSSR count). The van der Waals surface area contributed by atoms with Crippen molar-refractivity contribution >= 4 is 23.5 Å². The second kappa shape index (κ2) is 5.26. The summed E-state index contributed by atoms with van der Waals surface area (Å²) in [5.74, 6) is 0.286. The van der Waals surface area contributed by atoms with Gasteiger partial charge in [-0.25, -0.2) is 4.39 Å². The zero-order valence-corrected chi connectivity index (χ0v) is 11.5. The van der Waals surface area contributed by atoms with Gasteiger partial charge in [0, 0.05) is 9.79 Å². The predicted octanol–water partition coefficient (Wildman–Crippen LogP) is 4.70. The lowest BCUT2D eigenvalue weighted by atomic mass is 10.0. The van der Waals surface area contributed by atoms with Crippen molar-refractivity contribution in [3.63, 3.8) is 0 Å². The van der Waals surface area contributed by atoms with Crippen molar-refractivity contribution in [1.82, 2.24) is 0 Å². The van der Waals surface area contributed by atoms with Gasteiger partial charge in [0.15, 0.2) is 0 Å².